The van der Waals surface area contributed by atoms with Crippen LogP contribution in [0.4, 0.5) is 0 Å². The van der Waals surface area contributed by atoms with Gasteiger partial charge in [-0.25, -0.2) is 0 Å². The molecule has 1 heterocycles. The Morgan fingerprint density at radius 2 is 2.15 bits per heavy atom. The summed E-state index contributed by atoms with van der Waals surface area (Å²) in [4.78, 5) is 11.7. The van der Waals surface area contributed by atoms with Crippen molar-refractivity contribution in [2.45, 2.75) is 51.9 Å². The van der Waals surface area contributed by atoms with Crippen molar-refractivity contribution < 1.29 is 23.7 Å². The van der Waals surface area contributed by atoms with Gasteiger partial charge in [-0.15, -0.1) is 0 Å². The molecule has 3 atom stereocenters. The summed E-state index contributed by atoms with van der Waals surface area (Å²) < 4.78 is 21.9. The zero-order chi connectivity index (χ0) is 18.9. The average molecular weight is 365 g/mol. The molecule has 0 spiro atoms. The van der Waals surface area contributed by atoms with E-state index in [9.17, 15) is 4.79 Å². The maximum atomic E-state index is 11.7. The van der Waals surface area contributed by atoms with Crippen LogP contribution in [-0.2, 0) is 25.6 Å². The fraction of sp³-hybridized carbons (Fsp3) is 0.650. The minimum absolute atomic E-state index is 0.0269. The second-order valence-corrected chi connectivity index (χ2v) is 6.79. The highest BCUT2D eigenvalue weighted by molar-refractivity contribution is 5.74. The molecular weight excluding hydrogens is 334 g/mol. The summed E-state index contributed by atoms with van der Waals surface area (Å²) in [6.45, 7) is 6.11. The number of hydrogen-bond acceptors (Lipinski definition) is 6. The zero-order valence-electron chi connectivity index (χ0n) is 16.0. The Labute approximate surface area is 155 Å². The van der Waals surface area contributed by atoms with Gasteiger partial charge in [0.25, 0.3) is 0 Å². The van der Waals surface area contributed by atoms with Gasteiger partial charge in [0.15, 0.2) is 0 Å². The van der Waals surface area contributed by atoms with Crippen LogP contribution in [0.25, 0.3) is 0 Å². The molecule has 1 aromatic rings. The number of carbonyl (C=O) groups is 1. The van der Waals surface area contributed by atoms with Crippen LogP contribution >= 0.6 is 0 Å². The van der Waals surface area contributed by atoms with Crippen molar-refractivity contribution in [2.24, 2.45) is 11.7 Å². The molecule has 6 nitrogen and oxygen atoms in total. The Hall–Kier alpha value is -1.63. The minimum Gasteiger partial charge on any atom is -0.493 e. The summed E-state index contributed by atoms with van der Waals surface area (Å²) in [7, 11) is 1.68. The van der Waals surface area contributed by atoms with Gasteiger partial charge in [0.2, 0.25) is 0 Å². The lowest BCUT2D eigenvalue weighted by Crippen LogP contribution is -2.38. The van der Waals surface area contributed by atoms with Gasteiger partial charge in [0.1, 0.15) is 11.9 Å². The van der Waals surface area contributed by atoms with E-state index >= 15 is 0 Å². The Morgan fingerprint density at radius 1 is 1.35 bits per heavy atom. The van der Waals surface area contributed by atoms with E-state index in [0.29, 0.717) is 32.8 Å². The molecule has 0 saturated carbocycles. The quantitative estimate of drug-likeness (QED) is 0.480. The first-order chi connectivity index (χ1) is 12.5. The van der Waals surface area contributed by atoms with Gasteiger partial charge in [0.05, 0.1) is 31.8 Å². The predicted octanol–water partition coefficient (Wildman–Crippen LogP) is 2.60. The molecule has 146 valence electrons. The number of cyclic esters (lactones) is 1. The van der Waals surface area contributed by atoms with Crippen LogP contribution < -0.4 is 10.5 Å². The van der Waals surface area contributed by atoms with Gasteiger partial charge < -0.3 is 24.7 Å². The molecule has 0 aliphatic carbocycles. The van der Waals surface area contributed by atoms with Crippen molar-refractivity contribution in [1.29, 1.82) is 0 Å². The summed E-state index contributed by atoms with van der Waals surface area (Å²) in [5, 5.41) is 0. The molecule has 0 aromatic heterocycles. The first kappa shape index (κ1) is 20.7. The van der Waals surface area contributed by atoms with E-state index in [1.54, 1.807) is 7.11 Å². The average Bonchev–Trinajstić information content (AvgIpc) is 3.02. The van der Waals surface area contributed by atoms with Crippen LogP contribution in [0.15, 0.2) is 18.2 Å². The Morgan fingerprint density at radius 3 is 2.85 bits per heavy atom. The topological polar surface area (TPSA) is 80.0 Å². The van der Waals surface area contributed by atoms with Crippen molar-refractivity contribution in [1.82, 2.24) is 0 Å². The van der Waals surface area contributed by atoms with E-state index in [4.69, 9.17) is 24.7 Å². The van der Waals surface area contributed by atoms with Crippen LogP contribution in [-0.4, -0.2) is 45.0 Å². The number of carbonyl (C=O) groups excluding carboxylic acids is 1. The highest BCUT2D eigenvalue weighted by Gasteiger charge is 2.36. The highest BCUT2D eigenvalue weighted by atomic mass is 16.6. The molecule has 1 aliphatic rings. The molecule has 1 saturated heterocycles. The van der Waals surface area contributed by atoms with Gasteiger partial charge in [-0.2, -0.15) is 0 Å². The molecule has 0 bridgehead atoms. The lowest BCUT2D eigenvalue weighted by atomic mass is 9.99. The molecule has 1 aliphatic heterocycles. The monoisotopic (exact) mass is 365 g/mol. The van der Waals surface area contributed by atoms with Crippen molar-refractivity contribution in [3.05, 3.63) is 29.3 Å². The molecule has 1 fully saturated rings. The first-order valence-corrected chi connectivity index (χ1v) is 9.30. The number of nitrogens with two attached hydrogens (primary N) is 1. The van der Waals surface area contributed by atoms with Gasteiger partial charge >= 0.3 is 5.97 Å². The molecule has 0 radical (unpaired) electrons. The maximum absolute atomic E-state index is 11.7. The van der Waals surface area contributed by atoms with E-state index in [0.717, 1.165) is 29.7 Å². The summed E-state index contributed by atoms with van der Waals surface area (Å²) in [5.41, 5.74) is 8.25. The molecule has 2 rings (SSSR count). The Kier molecular flexibility index (Phi) is 8.35. The molecule has 1 aromatic carbocycles. The summed E-state index contributed by atoms with van der Waals surface area (Å²) in [6.07, 6.45) is 2.08. The molecule has 2 N–H and O–H groups in total. The van der Waals surface area contributed by atoms with Crippen LogP contribution in [0.3, 0.4) is 0 Å². The van der Waals surface area contributed by atoms with Crippen LogP contribution in [0.2, 0.25) is 0 Å². The number of methoxy groups -OCH3 is 1. The Balaban J connectivity index is 1.77. The lowest BCUT2D eigenvalue weighted by Gasteiger charge is -2.18. The number of esters is 1. The fourth-order valence-corrected chi connectivity index (χ4v) is 2.96. The number of hydrogen-bond donors (Lipinski definition) is 1. The smallest absolute Gasteiger partial charge is 0.309 e. The number of benzene rings is 1. The number of ether oxygens (including phenoxy) is 4. The summed E-state index contributed by atoms with van der Waals surface area (Å²) in [6, 6.07) is 5.74. The van der Waals surface area contributed by atoms with Gasteiger partial charge in [-0.3, -0.25) is 4.79 Å². The van der Waals surface area contributed by atoms with Gasteiger partial charge in [-0.05, 0) is 37.0 Å². The first-order valence-electron chi connectivity index (χ1n) is 9.30. The Bertz CT molecular complexity index is 577. The predicted molar refractivity (Wildman–Crippen MR) is 99.1 cm³/mol. The third-order valence-electron chi connectivity index (χ3n) is 4.67. The van der Waals surface area contributed by atoms with Gasteiger partial charge in [0, 0.05) is 20.1 Å². The molecule has 0 amide bonds. The van der Waals surface area contributed by atoms with E-state index in [2.05, 4.69) is 0 Å². The highest BCUT2D eigenvalue weighted by Crippen LogP contribution is 2.25. The summed E-state index contributed by atoms with van der Waals surface area (Å²) in [5.74, 6) is 0.699. The molecule has 2 unspecified atom stereocenters. The van der Waals surface area contributed by atoms with Crippen LogP contribution in [0, 0.1) is 12.8 Å². The third-order valence-corrected chi connectivity index (χ3v) is 4.67. The van der Waals surface area contributed by atoms with Crippen LogP contribution in [0.5, 0.6) is 5.75 Å². The number of rotatable bonds is 11. The zero-order valence-corrected chi connectivity index (χ0v) is 16.0. The molecule has 6 heteroatoms. The van der Waals surface area contributed by atoms with E-state index in [1.807, 2.05) is 32.0 Å². The molecular formula is C20H31NO5. The largest absolute Gasteiger partial charge is 0.493 e. The van der Waals surface area contributed by atoms with E-state index in [-0.39, 0.29) is 24.0 Å². The summed E-state index contributed by atoms with van der Waals surface area (Å²) >= 11 is 0. The van der Waals surface area contributed by atoms with Crippen molar-refractivity contribution in [3.8, 4) is 5.75 Å². The molecule has 26 heavy (non-hydrogen) atoms. The standard InChI is InChI=1S/C20H31NO5/c1-4-16-11-19(26-20(16)22)17(21)13-24-12-15-7-6-14(2)18(10-15)25-9-5-8-23-3/h6-7,10,16-17,19H,4-5,8-9,11-13,21H2,1-3H3/t16-,17?,19?/m1/s1. The van der Waals surface area contributed by atoms with E-state index < -0.39 is 0 Å². The normalized spacial score (nSPS) is 20.8. The SMILES string of the molecule is CC[C@@H]1CC(C(N)COCc2ccc(C)c(OCCCOC)c2)OC1=O. The van der Waals surface area contributed by atoms with Crippen LogP contribution in [0.1, 0.15) is 37.3 Å². The maximum Gasteiger partial charge on any atom is 0.309 e. The third kappa shape index (κ3) is 5.97. The lowest BCUT2D eigenvalue weighted by molar-refractivity contribution is -0.145. The van der Waals surface area contributed by atoms with Crippen molar-refractivity contribution >= 4 is 5.97 Å². The second-order valence-electron chi connectivity index (χ2n) is 6.79. The fourth-order valence-electron chi connectivity index (χ4n) is 2.96. The van der Waals surface area contributed by atoms with Crippen molar-refractivity contribution in [2.75, 3.05) is 26.9 Å². The van der Waals surface area contributed by atoms with E-state index in [1.165, 1.54) is 0 Å². The minimum atomic E-state index is -0.300. The number of aryl methyl sites for hydroxylation is 1. The van der Waals surface area contributed by atoms with Crippen molar-refractivity contribution in [3.63, 3.8) is 0 Å². The van der Waals surface area contributed by atoms with Gasteiger partial charge in [-0.1, -0.05) is 19.1 Å². The second kappa shape index (κ2) is 10.5.